The second kappa shape index (κ2) is 20.4. The summed E-state index contributed by atoms with van der Waals surface area (Å²) in [6, 6.07) is 18.9. The van der Waals surface area contributed by atoms with Gasteiger partial charge in [0, 0.05) is 16.9 Å². The summed E-state index contributed by atoms with van der Waals surface area (Å²) in [6.45, 7) is 27.1. The van der Waals surface area contributed by atoms with E-state index in [2.05, 4.69) is 136 Å². The smallest absolute Gasteiger partial charge is 0.545 e. The van der Waals surface area contributed by atoms with Crippen LogP contribution in [0, 0.1) is 13.8 Å². The average Bonchev–Trinajstić information content (AvgIpc) is 3.13. The van der Waals surface area contributed by atoms with Gasteiger partial charge >= 0.3 is 16.8 Å². The maximum absolute atomic E-state index is 11.1. The minimum Gasteiger partial charge on any atom is -0.545 e. The molecule has 2 atom stereocenters. The van der Waals surface area contributed by atoms with Crippen molar-refractivity contribution >= 4 is 17.3 Å². The van der Waals surface area contributed by atoms with E-state index in [1.165, 1.54) is 57.2 Å². The van der Waals surface area contributed by atoms with Gasteiger partial charge in [-0.05, 0) is 116 Å². The summed E-state index contributed by atoms with van der Waals surface area (Å²) >= 11 is 0. The molecule has 1 fully saturated rings. The van der Waals surface area contributed by atoms with Crippen LogP contribution in [0.3, 0.4) is 0 Å². The number of carboxylic acids is 1. The number of rotatable bonds is 12. The van der Waals surface area contributed by atoms with E-state index in [9.17, 15) is 20.1 Å². The van der Waals surface area contributed by atoms with Crippen molar-refractivity contribution in [3.63, 3.8) is 0 Å². The largest absolute Gasteiger partial charge is 1.00 e. The molecule has 1 aromatic heterocycles. The van der Waals surface area contributed by atoms with Gasteiger partial charge in [-0.2, -0.15) is 0 Å². The normalized spacial score (nSPS) is 14.3. The Balaban J connectivity index is 0.000000389. The van der Waals surface area contributed by atoms with E-state index in [0.29, 0.717) is 29.2 Å². The van der Waals surface area contributed by atoms with Gasteiger partial charge in [-0.3, -0.25) is 4.98 Å². The van der Waals surface area contributed by atoms with Crippen LogP contribution in [0.15, 0.2) is 54.6 Å². The van der Waals surface area contributed by atoms with Crippen molar-refractivity contribution in [1.82, 2.24) is 4.98 Å². The van der Waals surface area contributed by atoms with Crippen molar-refractivity contribution in [2.24, 2.45) is 0 Å². The molecule has 0 spiro atoms. The van der Waals surface area contributed by atoms with Crippen molar-refractivity contribution in [1.29, 1.82) is 0 Å². The molecular weight excluding hydrogens is 741 g/mol. The second-order valence-corrected chi connectivity index (χ2v) is 17.0. The monoisotopic (exact) mass is 807 g/mol. The molecule has 56 heavy (non-hydrogen) atoms. The van der Waals surface area contributed by atoms with Crippen molar-refractivity contribution < 1.29 is 36.9 Å². The molecule has 1 heterocycles. The summed E-state index contributed by atoms with van der Waals surface area (Å²) in [6.07, 6.45) is 5.15. The predicted molar refractivity (Wildman–Crippen MR) is 227 cm³/mol. The van der Waals surface area contributed by atoms with Crippen molar-refractivity contribution in [3.8, 4) is 11.5 Å². The molecule has 1 saturated carbocycles. The number of hydrogen-bond acceptors (Lipinski definition) is 7. The van der Waals surface area contributed by atoms with E-state index in [1.807, 2.05) is 0 Å². The van der Waals surface area contributed by atoms with Gasteiger partial charge in [0.2, 0.25) is 0 Å². The Morgan fingerprint density at radius 1 is 0.661 bits per heavy atom. The molecule has 5 rings (SSSR count). The SMILES string of the molecule is Cc1cc(C(C)C)c(NC(C)c2cccc(C(C)Nc3c(C(C)C)cc(C)cc3C(C)C)n2)c(C(C)C)c1.O=C([O-])c1c(C2CCCCC2)ccc(O)c1O.[Co+]. The summed E-state index contributed by atoms with van der Waals surface area (Å²) in [7, 11) is 0. The number of benzene rings is 3. The predicted octanol–water partition coefficient (Wildman–Crippen LogP) is 12.0. The number of phenols is 2. The number of nitrogens with one attached hydrogen (secondary N) is 2. The number of carbonyl (C=O) groups excluding carboxylic acids is 1. The molecule has 3 aromatic carbocycles. The zero-order valence-corrected chi connectivity index (χ0v) is 36.8. The first-order valence-electron chi connectivity index (χ1n) is 20.5. The molecule has 4 N–H and O–H groups in total. The molecule has 0 saturated heterocycles. The number of hydrogen-bond donors (Lipinski definition) is 4. The fourth-order valence-electron chi connectivity index (χ4n) is 7.94. The van der Waals surface area contributed by atoms with Crippen LogP contribution in [0.1, 0.15) is 204 Å². The second-order valence-electron chi connectivity index (χ2n) is 17.0. The minimum atomic E-state index is -1.43. The van der Waals surface area contributed by atoms with Crippen molar-refractivity contribution in [3.05, 3.63) is 110 Å². The summed E-state index contributed by atoms with van der Waals surface area (Å²) in [4.78, 5) is 16.2. The molecular formula is C48H66CoN3O4. The molecule has 4 aromatic rings. The van der Waals surface area contributed by atoms with Crippen LogP contribution in [0.25, 0.3) is 0 Å². The Morgan fingerprint density at radius 2 is 1.05 bits per heavy atom. The number of anilines is 2. The third kappa shape index (κ3) is 11.3. The molecule has 1 aliphatic rings. The van der Waals surface area contributed by atoms with Crippen LogP contribution in [-0.4, -0.2) is 21.2 Å². The van der Waals surface area contributed by atoms with Gasteiger partial charge in [-0.25, -0.2) is 0 Å². The third-order valence-corrected chi connectivity index (χ3v) is 11.0. The van der Waals surface area contributed by atoms with Crippen molar-refractivity contribution in [2.45, 2.75) is 157 Å². The molecule has 0 amide bonds. The Morgan fingerprint density at radius 3 is 1.41 bits per heavy atom. The van der Waals surface area contributed by atoms with Crippen molar-refractivity contribution in [2.75, 3.05) is 10.6 Å². The zero-order chi connectivity index (χ0) is 40.7. The van der Waals surface area contributed by atoms with E-state index in [-0.39, 0.29) is 40.3 Å². The maximum Gasteiger partial charge on any atom is 1.00 e. The Bertz CT molecular complexity index is 1780. The zero-order valence-electron chi connectivity index (χ0n) is 35.8. The molecule has 1 aliphatic carbocycles. The summed E-state index contributed by atoms with van der Waals surface area (Å²) in [5.74, 6) is -0.481. The minimum absolute atomic E-state index is 0. The summed E-state index contributed by atoms with van der Waals surface area (Å²) in [5.41, 5.74) is 13.2. The number of carbonyl (C=O) groups is 1. The van der Waals surface area contributed by atoms with Gasteiger partial charge in [0.1, 0.15) is 0 Å². The number of aromatic hydroxyl groups is 2. The number of phenolic OH excluding ortho intramolecular Hbond substituents is 1. The number of aromatic carboxylic acids is 1. The van der Waals surface area contributed by atoms with Gasteiger partial charge in [0.15, 0.2) is 11.5 Å². The van der Waals surface area contributed by atoms with Gasteiger partial charge < -0.3 is 30.7 Å². The van der Waals surface area contributed by atoms with E-state index in [4.69, 9.17) is 4.98 Å². The number of aryl methyl sites for hydroxylation is 2. The van der Waals surface area contributed by atoms with Crippen LogP contribution in [-0.2, 0) is 16.8 Å². The first kappa shape index (κ1) is 46.4. The van der Waals surface area contributed by atoms with E-state index in [0.717, 1.165) is 37.1 Å². The van der Waals surface area contributed by atoms with Crippen LogP contribution in [0.2, 0.25) is 0 Å². The van der Waals surface area contributed by atoms with Crippen LogP contribution < -0.4 is 15.7 Å². The maximum atomic E-state index is 11.1. The Hall–Kier alpha value is -4.01. The molecule has 0 radical (unpaired) electrons. The Labute approximate surface area is 347 Å². The van der Waals surface area contributed by atoms with Gasteiger partial charge in [-0.1, -0.05) is 122 Å². The quantitative estimate of drug-likeness (QED) is 0.105. The average molecular weight is 808 g/mol. The van der Waals surface area contributed by atoms with E-state index in [1.54, 1.807) is 6.07 Å². The summed E-state index contributed by atoms with van der Waals surface area (Å²) < 4.78 is 0. The third-order valence-electron chi connectivity index (χ3n) is 11.0. The van der Waals surface area contributed by atoms with Crippen LogP contribution in [0.5, 0.6) is 11.5 Å². The van der Waals surface area contributed by atoms with E-state index >= 15 is 0 Å². The number of pyridine rings is 1. The number of nitrogens with zero attached hydrogens (tertiary/aromatic N) is 1. The van der Waals surface area contributed by atoms with Gasteiger partial charge in [0.05, 0.1) is 29.4 Å². The Kier molecular flexibility index (Phi) is 16.9. The first-order valence-corrected chi connectivity index (χ1v) is 20.5. The first-order chi connectivity index (χ1) is 25.9. The van der Waals surface area contributed by atoms with Gasteiger partial charge in [0.25, 0.3) is 0 Å². The number of aromatic nitrogens is 1. The molecule has 2 unspecified atom stereocenters. The topological polar surface area (TPSA) is 118 Å². The standard InChI is InChI=1S/C35H51N3.C13H16O4.Co/c1-20(2)28-16-24(9)17-29(21(3)4)34(28)36-26(11)32-14-13-15-33(38-32)27(12)37-35-30(22(5)6)18-25(10)19-31(35)23(7)8;14-10-7-6-9(8-4-2-1-3-5-8)11(12(10)15)13(16)17;/h13-23,26-27,36-37H,1-12H3;6-8,14-15H,1-5H2,(H,16,17);/q;;+1/p-1. The molecule has 0 aliphatic heterocycles. The number of carboxylic acid groups (broad SMARTS) is 1. The molecule has 306 valence electrons. The summed E-state index contributed by atoms with van der Waals surface area (Å²) in [5, 5.41) is 37.7. The fraction of sp³-hybridized carbons (Fsp3) is 0.500. The molecule has 0 bridgehead atoms. The van der Waals surface area contributed by atoms with Crippen LogP contribution in [0.4, 0.5) is 11.4 Å². The fourth-order valence-corrected chi connectivity index (χ4v) is 7.94. The van der Waals surface area contributed by atoms with E-state index < -0.39 is 17.5 Å². The van der Waals surface area contributed by atoms with Crippen LogP contribution >= 0.6 is 0 Å². The molecule has 7 nitrogen and oxygen atoms in total. The molecule has 8 heteroatoms. The van der Waals surface area contributed by atoms with Gasteiger partial charge in [-0.15, -0.1) is 0 Å².